The van der Waals surface area contributed by atoms with Gasteiger partial charge in [-0.1, -0.05) is 59.6 Å². The van der Waals surface area contributed by atoms with Gasteiger partial charge in [-0.05, 0) is 36.8 Å². The topological polar surface area (TPSA) is 82.2 Å². The summed E-state index contributed by atoms with van der Waals surface area (Å²) in [6.45, 7) is 1.86. The molecule has 0 saturated heterocycles. The minimum absolute atomic E-state index is 0.0491. The van der Waals surface area contributed by atoms with Crippen LogP contribution in [-0.4, -0.2) is 17.3 Å². The highest BCUT2D eigenvalue weighted by Gasteiger charge is 2.26. The molecule has 0 N–H and O–H groups in total. The first kappa shape index (κ1) is 19.2. The van der Waals surface area contributed by atoms with E-state index in [-0.39, 0.29) is 21.1 Å². The van der Waals surface area contributed by atoms with Gasteiger partial charge < -0.3 is 0 Å². The molecule has 0 fully saturated rings. The summed E-state index contributed by atoms with van der Waals surface area (Å²) in [5.41, 5.74) is 1.83. The summed E-state index contributed by atoms with van der Waals surface area (Å²) in [5, 5.41) is 11.8. The fourth-order valence-corrected chi connectivity index (χ4v) is 4.98. The lowest BCUT2D eigenvalue weighted by atomic mass is 10.1. The summed E-state index contributed by atoms with van der Waals surface area (Å²) in [6, 6.07) is 19.7. The number of aromatic nitrogens is 1. The number of hydrogen-bond donors (Lipinski definition) is 0. The molecule has 29 heavy (non-hydrogen) atoms. The zero-order valence-electron chi connectivity index (χ0n) is 15.2. The smallest absolute Gasteiger partial charge is 0.258 e. The first-order valence-corrected chi connectivity index (χ1v) is 10.5. The molecule has 0 aliphatic rings. The maximum atomic E-state index is 13.5. The number of benzene rings is 3. The minimum atomic E-state index is -4.02. The second-order valence-electron chi connectivity index (χ2n) is 6.60. The number of nitro benzene ring substituents is 1. The van der Waals surface area contributed by atoms with Crippen molar-refractivity contribution < 1.29 is 13.3 Å². The van der Waals surface area contributed by atoms with Crippen LogP contribution in [0.5, 0.6) is 0 Å². The van der Waals surface area contributed by atoms with Gasteiger partial charge in [0.05, 0.1) is 21.0 Å². The summed E-state index contributed by atoms with van der Waals surface area (Å²) < 4.78 is 28.2. The molecule has 1 heterocycles. The average Bonchev–Trinajstić information content (AvgIpc) is 3.07. The number of hydrogen-bond acceptors (Lipinski definition) is 4. The van der Waals surface area contributed by atoms with E-state index in [1.165, 1.54) is 24.3 Å². The van der Waals surface area contributed by atoms with Crippen molar-refractivity contribution in [3.63, 3.8) is 0 Å². The number of nitro groups is 1. The molecule has 0 unspecified atom stereocenters. The highest BCUT2D eigenvalue weighted by molar-refractivity contribution is 7.90. The molecule has 3 aromatic carbocycles. The molecule has 4 aromatic rings. The quantitative estimate of drug-likeness (QED) is 0.322. The molecule has 0 radical (unpaired) electrons. The zero-order valence-corrected chi connectivity index (χ0v) is 16.8. The van der Waals surface area contributed by atoms with Gasteiger partial charge in [-0.2, -0.15) is 0 Å². The Morgan fingerprint density at radius 2 is 1.62 bits per heavy atom. The van der Waals surface area contributed by atoms with E-state index in [2.05, 4.69) is 0 Å². The van der Waals surface area contributed by atoms with E-state index >= 15 is 0 Å². The molecule has 0 aliphatic heterocycles. The van der Waals surface area contributed by atoms with Gasteiger partial charge >= 0.3 is 0 Å². The first-order valence-electron chi connectivity index (χ1n) is 8.66. The molecular weight excluding hydrogens is 412 g/mol. The molecule has 0 atom stereocenters. The Kier molecular flexibility index (Phi) is 4.64. The summed E-state index contributed by atoms with van der Waals surface area (Å²) in [5.74, 6) is 0. The highest BCUT2D eigenvalue weighted by atomic mass is 35.5. The average molecular weight is 427 g/mol. The summed E-state index contributed by atoms with van der Waals surface area (Å²) in [4.78, 5) is 10.8. The van der Waals surface area contributed by atoms with E-state index in [9.17, 15) is 18.5 Å². The van der Waals surface area contributed by atoms with Crippen molar-refractivity contribution in [1.29, 1.82) is 0 Å². The zero-order chi connectivity index (χ0) is 20.8. The number of fused-ring (bicyclic) bond motifs is 1. The van der Waals surface area contributed by atoms with Crippen molar-refractivity contribution >= 4 is 38.2 Å². The molecule has 6 nitrogen and oxygen atoms in total. The van der Waals surface area contributed by atoms with E-state index in [0.29, 0.717) is 16.6 Å². The minimum Gasteiger partial charge on any atom is -0.258 e. The van der Waals surface area contributed by atoms with Gasteiger partial charge in [0.2, 0.25) is 0 Å². The van der Waals surface area contributed by atoms with Gasteiger partial charge in [0, 0.05) is 11.5 Å². The predicted molar refractivity (Wildman–Crippen MR) is 113 cm³/mol. The van der Waals surface area contributed by atoms with Gasteiger partial charge in [0.25, 0.3) is 15.7 Å². The van der Waals surface area contributed by atoms with Crippen molar-refractivity contribution in [2.75, 3.05) is 0 Å². The molecule has 0 bridgehead atoms. The van der Waals surface area contributed by atoms with Crippen molar-refractivity contribution in [2.24, 2.45) is 0 Å². The van der Waals surface area contributed by atoms with Crippen LogP contribution in [0.1, 0.15) is 5.56 Å². The lowest BCUT2D eigenvalue weighted by molar-refractivity contribution is -0.384. The van der Waals surface area contributed by atoms with Crippen LogP contribution in [0.4, 0.5) is 5.69 Å². The third kappa shape index (κ3) is 3.28. The number of nitrogens with zero attached hydrogens (tertiary/aromatic N) is 2. The molecule has 0 spiro atoms. The van der Waals surface area contributed by atoms with Crippen LogP contribution in [0.3, 0.4) is 0 Å². The van der Waals surface area contributed by atoms with Crippen molar-refractivity contribution in [2.45, 2.75) is 11.8 Å². The third-order valence-corrected chi connectivity index (χ3v) is 6.70. The summed E-state index contributed by atoms with van der Waals surface area (Å²) >= 11 is 6.05. The lowest BCUT2D eigenvalue weighted by Gasteiger charge is -2.12. The van der Waals surface area contributed by atoms with Crippen LogP contribution in [0.25, 0.3) is 22.2 Å². The molecule has 1 aromatic heterocycles. The molecule has 8 heteroatoms. The second-order valence-corrected chi connectivity index (χ2v) is 8.79. The Bertz CT molecular complexity index is 1350. The monoisotopic (exact) mass is 426 g/mol. The summed E-state index contributed by atoms with van der Waals surface area (Å²) in [7, 11) is -4.02. The van der Waals surface area contributed by atoms with Crippen LogP contribution >= 0.6 is 11.6 Å². The lowest BCUT2D eigenvalue weighted by Crippen LogP contribution is -2.14. The largest absolute Gasteiger partial charge is 0.290 e. The van der Waals surface area contributed by atoms with Crippen molar-refractivity contribution in [3.05, 3.63) is 93.5 Å². The van der Waals surface area contributed by atoms with E-state index in [1.54, 1.807) is 42.5 Å². The molecule has 146 valence electrons. The number of rotatable bonds is 4. The maximum Gasteiger partial charge on any atom is 0.290 e. The van der Waals surface area contributed by atoms with Crippen molar-refractivity contribution in [3.8, 4) is 11.3 Å². The summed E-state index contributed by atoms with van der Waals surface area (Å²) in [6.07, 6.45) is 0. The van der Waals surface area contributed by atoms with Crippen LogP contribution in [0.15, 0.2) is 77.7 Å². The molecule has 0 aliphatic carbocycles. The van der Waals surface area contributed by atoms with Gasteiger partial charge in [-0.3, -0.25) is 10.1 Å². The fraction of sp³-hybridized carbons (Fsp3) is 0.0476. The third-order valence-electron chi connectivity index (χ3n) is 4.65. The van der Waals surface area contributed by atoms with Crippen LogP contribution < -0.4 is 0 Å². The van der Waals surface area contributed by atoms with Crippen LogP contribution in [0, 0.1) is 17.0 Å². The van der Waals surface area contributed by atoms with Gasteiger partial charge in [-0.25, -0.2) is 12.4 Å². The van der Waals surface area contributed by atoms with Gasteiger partial charge in [-0.15, -0.1) is 0 Å². The Morgan fingerprint density at radius 1 is 0.966 bits per heavy atom. The SMILES string of the molecule is Cc1ccc(S(=O)(=O)n2c(-c3ccccc3)cc3cc(Cl)c([N+](=O)[O-])cc32)cc1. The van der Waals surface area contributed by atoms with Crippen LogP contribution in [0.2, 0.25) is 5.02 Å². The Hall–Kier alpha value is -3.16. The molecular formula is C21H15ClN2O4S. The molecule has 4 rings (SSSR count). The molecule has 0 saturated carbocycles. The number of aryl methyl sites for hydroxylation is 1. The van der Waals surface area contributed by atoms with Crippen LogP contribution in [-0.2, 0) is 10.0 Å². The maximum absolute atomic E-state index is 13.5. The van der Waals surface area contributed by atoms with Crippen molar-refractivity contribution in [1.82, 2.24) is 3.97 Å². The Morgan fingerprint density at radius 3 is 2.24 bits per heavy atom. The highest BCUT2D eigenvalue weighted by Crippen LogP contribution is 2.37. The molecule has 0 amide bonds. The van der Waals surface area contributed by atoms with E-state index in [1.807, 2.05) is 13.0 Å². The predicted octanol–water partition coefficient (Wildman–Crippen LogP) is 5.42. The van der Waals surface area contributed by atoms with E-state index in [4.69, 9.17) is 11.6 Å². The first-order chi connectivity index (χ1) is 13.8. The number of halogens is 1. The Labute approximate surface area is 172 Å². The van der Waals surface area contributed by atoms with E-state index in [0.717, 1.165) is 9.54 Å². The van der Waals surface area contributed by atoms with E-state index < -0.39 is 14.9 Å². The standard InChI is InChI=1S/C21H15ClN2O4S/c1-14-7-9-17(10-8-14)29(27,28)23-19(15-5-3-2-4-6-15)12-16-11-18(22)21(24(25)26)13-20(16)23/h2-13H,1H3. The fourth-order valence-electron chi connectivity index (χ4n) is 3.22. The van der Waals surface area contributed by atoms with Gasteiger partial charge in [0.1, 0.15) is 5.02 Å². The normalized spacial score (nSPS) is 11.7. The Balaban J connectivity index is 2.10. The second kappa shape index (κ2) is 7.02. The van der Waals surface area contributed by atoms with Gasteiger partial charge in [0.15, 0.2) is 0 Å².